The Kier molecular flexibility index (Phi) is 13.7. The highest BCUT2D eigenvalue weighted by molar-refractivity contribution is 7.94. The number of ether oxygens (including phenoxy) is 4. The molecule has 0 unspecified atom stereocenters. The Bertz CT molecular complexity index is 3140. The number of likely N-dealkylation sites (tertiary alicyclic amines) is 1. The second-order valence-electron chi connectivity index (χ2n) is 17.2. The first kappa shape index (κ1) is 48.1. The zero-order valence-corrected chi connectivity index (χ0v) is 40.4. The molecule has 1 saturated heterocycles. The molecule has 0 spiro atoms. The van der Waals surface area contributed by atoms with Gasteiger partial charge < -0.3 is 29.6 Å². The molecular weight excluding hydrogens is 923 g/mol. The molecule has 0 radical (unpaired) electrons. The SMILES string of the molecule is COc1ccc(CN(Cc2ccc(OC)cc2)S(=O)(=O)c2c(S(=O)(=O)C3CN(C(=O)OC(C)(C)C)C3)ccc(-c3ccnc(-c4cccnc4N)c3)c2-c2nnn(Cc3ccc(OC)cc3)n2)cc1. The monoisotopic (exact) mass is 973 g/mol. The number of carbonyl (C=O) groups excluding carboxylic acids is 1. The van der Waals surface area contributed by atoms with Crippen LogP contribution in [0, 0.1) is 0 Å². The number of benzene rings is 4. The molecular formula is C49H51N9O9S2. The Hall–Kier alpha value is -7.42. The van der Waals surface area contributed by atoms with E-state index in [9.17, 15) is 4.79 Å². The number of hydrogen-bond donors (Lipinski definition) is 1. The molecule has 0 saturated carbocycles. The molecule has 4 heterocycles. The second-order valence-corrected chi connectivity index (χ2v) is 21.3. The number of nitrogens with zero attached hydrogens (tertiary/aromatic N) is 8. The van der Waals surface area contributed by atoms with Gasteiger partial charge >= 0.3 is 6.09 Å². The van der Waals surface area contributed by atoms with Crippen molar-refractivity contribution in [3.8, 4) is 51.0 Å². The van der Waals surface area contributed by atoms with Gasteiger partial charge in [0.1, 0.15) is 38.8 Å². The van der Waals surface area contributed by atoms with Gasteiger partial charge in [-0.1, -0.05) is 42.5 Å². The van der Waals surface area contributed by atoms with E-state index in [1.165, 1.54) is 46.6 Å². The largest absolute Gasteiger partial charge is 0.497 e. The molecule has 358 valence electrons. The van der Waals surface area contributed by atoms with Crippen LogP contribution in [0.5, 0.6) is 17.2 Å². The van der Waals surface area contributed by atoms with Gasteiger partial charge in [-0.2, -0.15) is 9.10 Å². The highest BCUT2D eigenvalue weighted by Gasteiger charge is 2.46. The van der Waals surface area contributed by atoms with Crippen LogP contribution in [0.3, 0.4) is 0 Å². The lowest BCUT2D eigenvalue weighted by atomic mass is 9.98. The Morgan fingerprint density at radius 3 is 1.87 bits per heavy atom. The van der Waals surface area contributed by atoms with Gasteiger partial charge in [-0.3, -0.25) is 4.98 Å². The maximum Gasteiger partial charge on any atom is 0.410 e. The maximum atomic E-state index is 16.2. The van der Waals surface area contributed by atoms with Crippen LogP contribution in [0.4, 0.5) is 10.6 Å². The van der Waals surface area contributed by atoms with Gasteiger partial charge in [0.05, 0.1) is 44.0 Å². The van der Waals surface area contributed by atoms with Crippen LogP contribution < -0.4 is 19.9 Å². The lowest BCUT2D eigenvalue weighted by Crippen LogP contribution is -2.57. The summed E-state index contributed by atoms with van der Waals surface area (Å²) >= 11 is 0. The number of anilines is 1. The minimum atomic E-state index is -4.94. The summed E-state index contributed by atoms with van der Waals surface area (Å²) in [5.41, 5.74) is 8.89. The number of methoxy groups -OCH3 is 3. The molecule has 8 rings (SSSR count). The lowest BCUT2D eigenvalue weighted by Gasteiger charge is -2.39. The number of aromatic nitrogens is 6. The zero-order chi connectivity index (χ0) is 49.1. The minimum absolute atomic E-state index is 0.121. The highest BCUT2D eigenvalue weighted by Crippen LogP contribution is 2.44. The molecule has 1 fully saturated rings. The fourth-order valence-corrected chi connectivity index (χ4v) is 11.8. The van der Waals surface area contributed by atoms with E-state index < -0.39 is 46.6 Å². The quantitative estimate of drug-likeness (QED) is 0.104. The molecule has 0 atom stereocenters. The molecule has 0 aliphatic carbocycles. The normalized spacial score (nSPS) is 13.2. The van der Waals surface area contributed by atoms with Crippen LogP contribution in [0.2, 0.25) is 0 Å². The van der Waals surface area contributed by atoms with Crippen molar-refractivity contribution < 1.29 is 40.6 Å². The van der Waals surface area contributed by atoms with E-state index in [0.29, 0.717) is 45.2 Å². The number of hydrogen-bond acceptors (Lipinski definition) is 15. The summed E-state index contributed by atoms with van der Waals surface area (Å²) in [5.74, 6) is 1.79. The molecule has 2 N–H and O–H groups in total. The Morgan fingerprint density at radius 1 is 0.739 bits per heavy atom. The van der Waals surface area contributed by atoms with E-state index >= 15 is 16.8 Å². The number of pyridine rings is 2. The molecule has 69 heavy (non-hydrogen) atoms. The van der Waals surface area contributed by atoms with E-state index in [2.05, 4.69) is 20.3 Å². The Labute approximate surface area is 400 Å². The third kappa shape index (κ3) is 10.5. The van der Waals surface area contributed by atoms with Gasteiger partial charge in [0.2, 0.25) is 15.8 Å². The average molecular weight is 974 g/mol. The molecule has 1 amide bonds. The van der Waals surface area contributed by atoms with Crippen LogP contribution in [0.1, 0.15) is 37.5 Å². The summed E-state index contributed by atoms with van der Waals surface area (Å²) in [6.45, 7) is 4.36. The van der Waals surface area contributed by atoms with E-state index in [-0.39, 0.29) is 55.5 Å². The highest BCUT2D eigenvalue weighted by atomic mass is 32.2. The van der Waals surface area contributed by atoms with Gasteiger partial charge in [-0.05, 0) is 121 Å². The third-order valence-electron chi connectivity index (χ3n) is 11.3. The predicted molar refractivity (Wildman–Crippen MR) is 257 cm³/mol. The summed E-state index contributed by atoms with van der Waals surface area (Å²) < 4.78 is 85.7. The molecule has 7 aromatic rings. The molecule has 3 aromatic heterocycles. The lowest BCUT2D eigenvalue weighted by molar-refractivity contribution is 0.0139. The van der Waals surface area contributed by atoms with Crippen LogP contribution in [0.15, 0.2) is 131 Å². The fraction of sp³-hybridized carbons (Fsp3) is 0.265. The van der Waals surface area contributed by atoms with Crippen LogP contribution >= 0.6 is 0 Å². The first-order valence-electron chi connectivity index (χ1n) is 21.7. The summed E-state index contributed by atoms with van der Waals surface area (Å²) in [4.78, 5) is 23.4. The number of rotatable bonds is 16. The van der Waals surface area contributed by atoms with Crippen LogP contribution in [0.25, 0.3) is 33.8 Å². The molecule has 1 aliphatic heterocycles. The summed E-state index contributed by atoms with van der Waals surface area (Å²) in [5, 5.41) is 12.4. The maximum absolute atomic E-state index is 16.2. The standard InChI is InChI=1S/C49H51N9O9S2/c1-49(2,3)67-48(59)56-30-39(31-56)68(60,61)43-22-21-40(35-23-25-51-42(26-35)41-8-7-24-52-46(41)50)44(47-53-55-58(54-47)29-34-13-19-38(66-6)20-14-34)45(43)69(62,63)57(27-32-9-15-36(64-4)16-10-32)28-33-11-17-37(65-5)18-12-33/h7-26,39H,27-31H2,1-6H3,(H2,50,52). The number of nitrogen functional groups attached to an aromatic ring is 1. The van der Waals surface area contributed by atoms with Crippen LogP contribution in [-0.2, 0) is 44.2 Å². The number of sulfone groups is 1. The van der Waals surface area contributed by atoms with Crippen molar-refractivity contribution >= 4 is 31.8 Å². The number of amides is 1. The summed E-state index contributed by atoms with van der Waals surface area (Å²) in [6, 6.07) is 30.7. The second kappa shape index (κ2) is 19.7. The molecule has 18 nitrogen and oxygen atoms in total. The van der Waals surface area contributed by atoms with Gasteiger partial charge in [-0.25, -0.2) is 26.6 Å². The van der Waals surface area contributed by atoms with E-state index in [0.717, 1.165) is 5.56 Å². The van der Waals surface area contributed by atoms with Gasteiger partial charge in [-0.15, -0.1) is 10.2 Å². The van der Waals surface area contributed by atoms with Crippen molar-refractivity contribution in [1.82, 2.24) is 39.4 Å². The van der Waals surface area contributed by atoms with E-state index in [4.69, 9.17) is 29.8 Å². The predicted octanol–water partition coefficient (Wildman–Crippen LogP) is 6.90. The number of sulfonamides is 1. The fourth-order valence-electron chi connectivity index (χ4n) is 7.70. The molecule has 0 bridgehead atoms. The third-order valence-corrected chi connectivity index (χ3v) is 15.5. The first-order chi connectivity index (χ1) is 33.0. The van der Waals surface area contributed by atoms with Crippen LogP contribution in [-0.4, -0.2) is 108 Å². The number of tetrazole rings is 1. The van der Waals surface area contributed by atoms with Gasteiger partial charge in [0.25, 0.3) is 0 Å². The summed E-state index contributed by atoms with van der Waals surface area (Å²) in [6.07, 6.45) is 2.40. The Morgan fingerprint density at radius 2 is 1.32 bits per heavy atom. The average Bonchev–Trinajstić information content (AvgIpc) is 3.78. The van der Waals surface area contributed by atoms with Crippen molar-refractivity contribution in [3.05, 3.63) is 138 Å². The van der Waals surface area contributed by atoms with Crippen molar-refractivity contribution in [3.63, 3.8) is 0 Å². The van der Waals surface area contributed by atoms with E-state index in [1.54, 1.807) is 119 Å². The van der Waals surface area contributed by atoms with Gasteiger partial charge in [0.15, 0.2) is 9.84 Å². The van der Waals surface area contributed by atoms with Crippen molar-refractivity contribution in [1.29, 1.82) is 0 Å². The minimum Gasteiger partial charge on any atom is -0.497 e. The summed E-state index contributed by atoms with van der Waals surface area (Å²) in [7, 11) is -4.90. The zero-order valence-electron chi connectivity index (χ0n) is 38.8. The molecule has 1 aliphatic rings. The number of carbonyl (C=O) groups is 1. The van der Waals surface area contributed by atoms with Crippen molar-refractivity contribution in [2.75, 3.05) is 40.2 Å². The molecule has 4 aromatic carbocycles. The molecule has 20 heteroatoms. The van der Waals surface area contributed by atoms with Crippen molar-refractivity contribution in [2.45, 2.75) is 61.0 Å². The first-order valence-corrected chi connectivity index (χ1v) is 24.7. The smallest absolute Gasteiger partial charge is 0.410 e. The Balaban J connectivity index is 1.37. The van der Waals surface area contributed by atoms with Crippen molar-refractivity contribution in [2.24, 2.45) is 0 Å². The topological polar surface area (TPSA) is 224 Å². The van der Waals surface area contributed by atoms with Gasteiger partial charge in [0, 0.05) is 44.1 Å². The van der Waals surface area contributed by atoms with E-state index in [1.807, 2.05) is 12.1 Å². The number of nitrogens with two attached hydrogens (primary N) is 1.